The second-order valence-electron chi connectivity index (χ2n) is 8.83. The fraction of sp³-hybridized carbons (Fsp3) is 0.905. The van der Waals surface area contributed by atoms with Gasteiger partial charge in [0.25, 0.3) is 0 Å². The van der Waals surface area contributed by atoms with Gasteiger partial charge in [0, 0.05) is 5.92 Å². The van der Waals surface area contributed by atoms with Crippen LogP contribution in [-0.2, 0) is 18.8 Å². The highest BCUT2D eigenvalue weighted by atomic mass is 16.7. The molecule has 3 aliphatic rings. The zero-order chi connectivity index (χ0) is 19.0. The van der Waals surface area contributed by atoms with Gasteiger partial charge in [0.2, 0.25) is 0 Å². The van der Waals surface area contributed by atoms with Crippen molar-refractivity contribution in [1.82, 2.24) is 0 Å². The molecule has 0 aromatic heterocycles. The Labute approximate surface area is 160 Å². The zero-order valence-electron chi connectivity index (χ0n) is 17.6. The lowest BCUT2D eigenvalue weighted by molar-refractivity contribution is -0.0601. The fourth-order valence-electron chi connectivity index (χ4n) is 5.34. The van der Waals surface area contributed by atoms with Crippen LogP contribution in [0.5, 0.6) is 0 Å². The molecule has 0 aliphatic carbocycles. The van der Waals surface area contributed by atoms with E-state index in [1.807, 2.05) is 0 Å². The molecule has 2 atom stereocenters. The molecule has 0 aromatic rings. The molecule has 0 amide bonds. The molecule has 0 saturated carbocycles. The SMILES string of the molecule is CCC1(CC)OB(C2=CC(C3COC(C)(C)C3)OCC2)OC1(CC)CC. The van der Waals surface area contributed by atoms with Crippen molar-refractivity contribution in [3.05, 3.63) is 11.5 Å². The summed E-state index contributed by atoms with van der Waals surface area (Å²) in [5.74, 6) is 0.422. The number of hydrogen-bond donors (Lipinski definition) is 0. The molecule has 0 N–H and O–H groups in total. The Kier molecular flexibility index (Phi) is 5.94. The average Bonchev–Trinajstić information content (AvgIpc) is 3.20. The first-order valence-electron chi connectivity index (χ1n) is 10.7. The van der Waals surface area contributed by atoms with Gasteiger partial charge < -0.3 is 18.8 Å². The van der Waals surface area contributed by atoms with Gasteiger partial charge in [-0.15, -0.1) is 0 Å². The molecule has 2 fully saturated rings. The summed E-state index contributed by atoms with van der Waals surface area (Å²) in [4.78, 5) is 0. The second kappa shape index (κ2) is 7.58. The summed E-state index contributed by atoms with van der Waals surface area (Å²) in [6.45, 7) is 14.8. The summed E-state index contributed by atoms with van der Waals surface area (Å²) < 4.78 is 25.3. The maximum absolute atomic E-state index is 6.66. The van der Waals surface area contributed by atoms with E-state index in [-0.39, 0.29) is 30.0 Å². The smallest absolute Gasteiger partial charge is 0.399 e. The first-order valence-corrected chi connectivity index (χ1v) is 10.7. The maximum Gasteiger partial charge on any atom is 0.490 e. The molecule has 26 heavy (non-hydrogen) atoms. The standard InChI is InChI=1S/C21H37BO4/c1-7-20(8-2)21(9-3,10-4)26-22(25-20)17-11-12-23-18(13-17)16-14-19(5,6)24-15-16/h13,16,18H,7-12,14-15H2,1-6H3. The van der Waals surface area contributed by atoms with Crippen LogP contribution in [0.1, 0.15) is 80.1 Å². The van der Waals surface area contributed by atoms with E-state index in [0.717, 1.165) is 51.7 Å². The molecule has 4 nitrogen and oxygen atoms in total. The Morgan fingerprint density at radius 1 is 1.00 bits per heavy atom. The van der Waals surface area contributed by atoms with Gasteiger partial charge in [-0.1, -0.05) is 33.8 Å². The molecule has 0 bridgehead atoms. The molecule has 3 heterocycles. The Bertz CT molecular complexity index is 502. The Balaban J connectivity index is 1.80. The molecule has 0 radical (unpaired) electrons. The van der Waals surface area contributed by atoms with Gasteiger partial charge in [-0.05, 0) is 57.8 Å². The van der Waals surface area contributed by atoms with Crippen molar-refractivity contribution in [3.63, 3.8) is 0 Å². The van der Waals surface area contributed by atoms with Crippen LogP contribution in [0.4, 0.5) is 0 Å². The van der Waals surface area contributed by atoms with Crippen LogP contribution >= 0.6 is 0 Å². The Hall–Kier alpha value is -0.355. The van der Waals surface area contributed by atoms with Crippen LogP contribution in [0.25, 0.3) is 0 Å². The van der Waals surface area contributed by atoms with Gasteiger partial charge in [0.05, 0.1) is 36.1 Å². The van der Waals surface area contributed by atoms with E-state index in [1.54, 1.807) is 0 Å². The van der Waals surface area contributed by atoms with Crippen molar-refractivity contribution < 1.29 is 18.8 Å². The predicted octanol–water partition coefficient (Wildman–Crippen LogP) is 4.71. The lowest BCUT2D eigenvalue weighted by Gasteiger charge is -2.42. The van der Waals surface area contributed by atoms with Gasteiger partial charge in [-0.3, -0.25) is 0 Å². The van der Waals surface area contributed by atoms with Crippen molar-refractivity contribution in [2.45, 2.75) is 103 Å². The van der Waals surface area contributed by atoms with Gasteiger partial charge >= 0.3 is 7.12 Å². The van der Waals surface area contributed by atoms with E-state index in [0.29, 0.717) is 5.92 Å². The van der Waals surface area contributed by atoms with Crippen LogP contribution < -0.4 is 0 Å². The Morgan fingerprint density at radius 3 is 2.04 bits per heavy atom. The van der Waals surface area contributed by atoms with Crippen molar-refractivity contribution in [2.75, 3.05) is 13.2 Å². The normalized spacial score (nSPS) is 32.7. The van der Waals surface area contributed by atoms with E-state index in [4.69, 9.17) is 18.8 Å². The highest BCUT2D eigenvalue weighted by Gasteiger charge is 2.59. The minimum absolute atomic E-state index is 0.0427. The minimum atomic E-state index is -0.225. The monoisotopic (exact) mass is 364 g/mol. The lowest BCUT2D eigenvalue weighted by Crippen LogP contribution is -2.50. The fourth-order valence-corrected chi connectivity index (χ4v) is 5.34. The molecule has 3 aliphatic heterocycles. The van der Waals surface area contributed by atoms with E-state index in [9.17, 15) is 0 Å². The number of hydrogen-bond acceptors (Lipinski definition) is 4. The van der Waals surface area contributed by atoms with Crippen LogP contribution in [0.2, 0.25) is 0 Å². The molecule has 0 spiro atoms. The first kappa shape index (κ1) is 20.4. The van der Waals surface area contributed by atoms with Crippen LogP contribution in [0.3, 0.4) is 0 Å². The van der Waals surface area contributed by atoms with E-state index in [1.165, 1.54) is 5.47 Å². The van der Waals surface area contributed by atoms with Crippen molar-refractivity contribution >= 4 is 7.12 Å². The van der Waals surface area contributed by atoms with Crippen LogP contribution in [-0.4, -0.2) is 43.2 Å². The zero-order valence-corrected chi connectivity index (χ0v) is 17.6. The third-order valence-electron chi connectivity index (χ3n) is 7.07. The topological polar surface area (TPSA) is 36.9 Å². The van der Waals surface area contributed by atoms with Gasteiger partial charge in [-0.2, -0.15) is 0 Å². The van der Waals surface area contributed by atoms with Crippen molar-refractivity contribution in [3.8, 4) is 0 Å². The van der Waals surface area contributed by atoms with Gasteiger partial charge in [-0.25, -0.2) is 0 Å². The summed E-state index contributed by atoms with van der Waals surface area (Å²) in [5.41, 5.74) is 0.850. The highest BCUT2D eigenvalue weighted by molar-refractivity contribution is 6.54. The average molecular weight is 364 g/mol. The third-order valence-corrected chi connectivity index (χ3v) is 7.07. The maximum atomic E-state index is 6.66. The number of rotatable bonds is 6. The van der Waals surface area contributed by atoms with E-state index in [2.05, 4.69) is 47.6 Å². The molecule has 0 aromatic carbocycles. The third kappa shape index (κ3) is 3.41. The summed E-state index contributed by atoms with van der Waals surface area (Å²) in [6, 6.07) is 0. The van der Waals surface area contributed by atoms with E-state index >= 15 is 0 Å². The van der Waals surface area contributed by atoms with E-state index < -0.39 is 0 Å². The quantitative estimate of drug-likeness (QED) is 0.640. The van der Waals surface area contributed by atoms with Crippen molar-refractivity contribution in [1.29, 1.82) is 0 Å². The summed E-state index contributed by atoms with van der Waals surface area (Å²) >= 11 is 0. The summed E-state index contributed by atoms with van der Waals surface area (Å²) in [6.07, 6.45) is 8.27. The van der Waals surface area contributed by atoms with Gasteiger partial charge in [0.1, 0.15) is 0 Å². The highest BCUT2D eigenvalue weighted by Crippen LogP contribution is 2.48. The molecule has 148 valence electrons. The van der Waals surface area contributed by atoms with Crippen LogP contribution in [0.15, 0.2) is 11.5 Å². The number of ether oxygens (including phenoxy) is 2. The molecule has 5 heteroatoms. The molecular weight excluding hydrogens is 327 g/mol. The summed E-state index contributed by atoms with van der Waals surface area (Å²) in [7, 11) is -0.225. The van der Waals surface area contributed by atoms with Gasteiger partial charge in [0.15, 0.2) is 0 Å². The molecule has 2 unspecified atom stereocenters. The predicted molar refractivity (Wildman–Crippen MR) is 105 cm³/mol. The minimum Gasteiger partial charge on any atom is -0.399 e. The molecular formula is C21H37BO4. The largest absolute Gasteiger partial charge is 0.490 e. The van der Waals surface area contributed by atoms with Crippen LogP contribution in [0, 0.1) is 5.92 Å². The first-order chi connectivity index (χ1) is 12.3. The lowest BCUT2D eigenvalue weighted by atomic mass is 9.73. The Morgan fingerprint density at radius 2 is 1.58 bits per heavy atom. The van der Waals surface area contributed by atoms with Crippen molar-refractivity contribution in [2.24, 2.45) is 5.92 Å². The molecule has 3 rings (SSSR count). The summed E-state index contributed by atoms with van der Waals surface area (Å²) in [5, 5.41) is 0. The molecule has 2 saturated heterocycles. The second-order valence-corrected chi connectivity index (χ2v) is 8.83.